The molecule has 138 valence electrons. The van der Waals surface area contributed by atoms with Gasteiger partial charge in [-0.3, -0.25) is 19.2 Å². The summed E-state index contributed by atoms with van der Waals surface area (Å²) in [5.74, 6) is -1.79. The summed E-state index contributed by atoms with van der Waals surface area (Å²) in [5, 5.41) is 10.7. The number of carbonyl (C=O) groups is 1. The number of carbonyl (C=O) groups excluding carboxylic acids is 1. The van der Waals surface area contributed by atoms with E-state index in [1.807, 2.05) is 0 Å². The summed E-state index contributed by atoms with van der Waals surface area (Å²) in [5.41, 5.74) is -0.671. The number of rotatable bonds is 6. The highest BCUT2D eigenvalue weighted by Gasteiger charge is 2.30. The van der Waals surface area contributed by atoms with E-state index in [1.165, 1.54) is 12.1 Å². The molecule has 0 aliphatic carbocycles. The van der Waals surface area contributed by atoms with Crippen LogP contribution in [0.25, 0.3) is 0 Å². The second-order valence-corrected chi connectivity index (χ2v) is 7.71. The van der Waals surface area contributed by atoms with Crippen molar-refractivity contribution < 1.29 is 27.3 Å². The average Bonchev–Trinajstić information content (AvgIpc) is 2.60. The van der Waals surface area contributed by atoms with Crippen LogP contribution in [0.15, 0.2) is 51.8 Å². The van der Waals surface area contributed by atoms with Crippen molar-refractivity contribution in [1.82, 2.24) is 0 Å². The van der Waals surface area contributed by atoms with Crippen molar-refractivity contribution >= 4 is 43.3 Å². The van der Waals surface area contributed by atoms with Gasteiger partial charge in [-0.2, -0.15) is 0 Å². The van der Waals surface area contributed by atoms with E-state index in [2.05, 4.69) is 20.7 Å². The topological polar surface area (TPSA) is 107 Å². The Labute approximate surface area is 156 Å². The molecule has 0 fully saturated rings. The number of esters is 1. The van der Waals surface area contributed by atoms with E-state index < -0.39 is 33.3 Å². The predicted octanol–water partition coefficient (Wildman–Crippen LogP) is 2.86. The molecule has 2 aromatic rings. The zero-order valence-corrected chi connectivity index (χ0v) is 15.7. The van der Waals surface area contributed by atoms with E-state index in [1.54, 1.807) is 0 Å². The number of ether oxygens (including phenoxy) is 1. The van der Waals surface area contributed by atoms with E-state index in [0.29, 0.717) is 8.78 Å². The van der Waals surface area contributed by atoms with Crippen LogP contribution in [0, 0.1) is 15.9 Å². The van der Waals surface area contributed by atoms with Gasteiger partial charge in [-0.25, -0.2) is 12.8 Å². The Morgan fingerprint density at radius 2 is 1.88 bits per heavy atom. The lowest BCUT2D eigenvalue weighted by atomic mass is 10.3. The molecule has 0 saturated carbocycles. The maximum atomic E-state index is 14.3. The number of methoxy groups -OCH3 is 1. The molecule has 26 heavy (non-hydrogen) atoms. The molecule has 11 heteroatoms. The molecule has 0 radical (unpaired) electrons. The first-order chi connectivity index (χ1) is 12.2. The molecule has 0 atom stereocenters. The van der Waals surface area contributed by atoms with Gasteiger partial charge in [0, 0.05) is 16.6 Å². The Hall–Kier alpha value is -2.53. The van der Waals surface area contributed by atoms with Crippen molar-refractivity contribution in [1.29, 1.82) is 0 Å². The summed E-state index contributed by atoms with van der Waals surface area (Å²) < 4.78 is 45.4. The quantitative estimate of drug-likeness (QED) is 0.383. The lowest BCUT2D eigenvalue weighted by Crippen LogP contribution is -2.37. The van der Waals surface area contributed by atoms with E-state index in [-0.39, 0.29) is 16.3 Å². The van der Waals surface area contributed by atoms with Crippen molar-refractivity contribution in [2.24, 2.45) is 0 Å². The summed E-state index contributed by atoms with van der Waals surface area (Å²) in [7, 11) is -3.32. The zero-order valence-electron chi connectivity index (χ0n) is 13.3. The van der Waals surface area contributed by atoms with Gasteiger partial charge in [-0.1, -0.05) is 15.9 Å². The largest absolute Gasteiger partial charge is 0.468 e. The van der Waals surface area contributed by atoms with Gasteiger partial charge in [-0.15, -0.1) is 0 Å². The third kappa shape index (κ3) is 4.17. The van der Waals surface area contributed by atoms with Crippen LogP contribution in [0.3, 0.4) is 0 Å². The van der Waals surface area contributed by atoms with Crippen LogP contribution in [-0.4, -0.2) is 33.0 Å². The number of benzene rings is 2. The third-order valence-electron chi connectivity index (χ3n) is 3.31. The number of nitrogens with zero attached hydrogens (tertiary/aromatic N) is 2. The van der Waals surface area contributed by atoms with Crippen LogP contribution in [0.5, 0.6) is 0 Å². The minimum absolute atomic E-state index is 0.307. The first-order valence-electron chi connectivity index (χ1n) is 6.96. The van der Waals surface area contributed by atoms with Crippen molar-refractivity contribution in [2.45, 2.75) is 4.90 Å². The molecule has 0 heterocycles. The molecule has 0 N–H and O–H groups in total. The number of nitro groups is 1. The Bertz CT molecular complexity index is 949. The van der Waals surface area contributed by atoms with Crippen LogP contribution in [0.2, 0.25) is 0 Å². The van der Waals surface area contributed by atoms with Gasteiger partial charge in [0.1, 0.15) is 12.4 Å². The summed E-state index contributed by atoms with van der Waals surface area (Å²) >= 11 is 3.06. The zero-order chi connectivity index (χ0) is 19.5. The molecule has 2 rings (SSSR count). The molecule has 0 bridgehead atoms. The first kappa shape index (κ1) is 19.8. The molecular formula is C15H12BrFN2O6S. The average molecular weight is 447 g/mol. The molecule has 0 aromatic heterocycles. The molecular weight excluding hydrogens is 435 g/mol. The highest BCUT2D eigenvalue weighted by atomic mass is 79.9. The molecule has 0 unspecified atom stereocenters. The molecule has 0 aliphatic heterocycles. The van der Waals surface area contributed by atoms with Crippen LogP contribution in [0.4, 0.5) is 15.8 Å². The fraction of sp³-hybridized carbons (Fsp3) is 0.133. The van der Waals surface area contributed by atoms with Gasteiger partial charge in [0.15, 0.2) is 0 Å². The minimum Gasteiger partial charge on any atom is -0.468 e. The standard InChI is InChI=1S/C15H12BrFN2O6S/c1-25-15(20)9-18(14-7-2-10(16)8-13(14)17)26(23,24)12-5-3-11(4-6-12)19(21)22/h2-8H,9H2,1H3. The summed E-state index contributed by atoms with van der Waals surface area (Å²) in [6, 6.07) is 7.66. The van der Waals surface area contributed by atoms with Crippen LogP contribution in [-0.2, 0) is 19.6 Å². The second-order valence-electron chi connectivity index (χ2n) is 4.93. The van der Waals surface area contributed by atoms with Gasteiger partial charge in [0.2, 0.25) is 0 Å². The number of hydrogen-bond donors (Lipinski definition) is 0. The number of halogens is 2. The van der Waals surface area contributed by atoms with Gasteiger partial charge in [0.25, 0.3) is 15.7 Å². The Morgan fingerprint density at radius 1 is 1.27 bits per heavy atom. The maximum absolute atomic E-state index is 14.3. The van der Waals surface area contributed by atoms with Gasteiger partial charge >= 0.3 is 5.97 Å². The van der Waals surface area contributed by atoms with Gasteiger partial charge < -0.3 is 4.74 Å². The van der Waals surface area contributed by atoms with E-state index >= 15 is 0 Å². The van der Waals surface area contributed by atoms with Gasteiger partial charge in [0.05, 0.1) is 22.6 Å². The number of nitro benzene ring substituents is 1. The SMILES string of the molecule is COC(=O)CN(c1ccc(Br)cc1F)S(=O)(=O)c1ccc([N+](=O)[O-])cc1. The van der Waals surface area contributed by atoms with Crippen molar-refractivity contribution in [3.05, 3.63) is 62.9 Å². The summed E-state index contributed by atoms with van der Waals surface area (Å²) in [4.78, 5) is 21.3. The third-order valence-corrected chi connectivity index (χ3v) is 5.58. The summed E-state index contributed by atoms with van der Waals surface area (Å²) in [6.45, 7) is -0.769. The highest BCUT2D eigenvalue weighted by Crippen LogP contribution is 2.29. The normalized spacial score (nSPS) is 11.0. The van der Waals surface area contributed by atoms with E-state index in [9.17, 15) is 27.7 Å². The lowest BCUT2D eigenvalue weighted by molar-refractivity contribution is -0.384. The number of sulfonamides is 1. The predicted molar refractivity (Wildman–Crippen MR) is 93.7 cm³/mol. The number of anilines is 1. The summed E-state index contributed by atoms with van der Waals surface area (Å²) in [6.07, 6.45) is 0. The molecule has 0 aliphatic rings. The molecule has 0 spiro atoms. The Balaban J connectivity index is 2.55. The van der Waals surface area contributed by atoms with E-state index in [0.717, 1.165) is 37.4 Å². The molecule has 0 saturated heterocycles. The highest BCUT2D eigenvalue weighted by molar-refractivity contribution is 9.10. The first-order valence-corrected chi connectivity index (χ1v) is 9.19. The van der Waals surface area contributed by atoms with Crippen LogP contribution in [0.1, 0.15) is 0 Å². The van der Waals surface area contributed by atoms with E-state index in [4.69, 9.17) is 0 Å². The van der Waals surface area contributed by atoms with Gasteiger partial charge in [-0.05, 0) is 30.3 Å². The Kier molecular flexibility index (Phi) is 5.93. The maximum Gasteiger partial charge on any atom is 0.326 e. The monoisotopic (exact) mass is 446 g/mol. The smallest absolute Gasteiger partial charge is 0.326 e. The number of hydrogen-bond acceptors (Lipinski definition) is 6. The fourth-order valence-electron chi connectivity index (χ4n) is 2.03. The second kappa shape index (κ2) is 7.79. The lowest BCUT2D eigenvalue weighted by Gasteiger charge is -2.23. The van der Waals surface area contributed by atoms with Crippen LogP contribution < -0.4 is 4.31 Å². The molecule has 2 aromatic carbocycles. The number of non-ortho nitro benzene ring substituents is 1. The van der Waals surface area contributed by atoms with Crippen molar-refractivity contribution in [3.63, 3.8) is 0 Å². The van der Waals surface area contributed by atoms with Crippen molar-refractivity contribution in [2.75, 3.05) is 18.0 Å². The minimum atomic E-state index is -4.38. The Morgan fingerprint density at radius 3 is 2.38 bits per heavy atom. The fourth-order valence-corrected chi connectivity index (χ4v) is 3.78. The van der Waals surface area contributed by atoms with Crippen LogP contribution >= 0.6 is 15.9 Å². The van der Waals surface area contributed by atoms with Crippen molar-refractivity contribution in [3.8, 4) is 0 Å². The molecule has 8 nitrogen and oxygen atoms in total. The molecule has 0 amide bonds.